The van der Waals surface area contributed by atoms with Crippen molar-refractivity contribution in [3.05, 3.63) is 35.9 Å². The van der Waals surface area contributed by atoms with Gasteiger partial charge >= 0.3 is 0 Å². The summed E-state index contributed by atoms with van der Waals surface area (Å²) in [7, 11) is 3.91. The Bertz CT molecular complexity index is 1060. The zero-order chi connectivity index (χ0) is 19.7. The summed E-state index contributed by atoms with van der Waals surface area (Å²) in [6.45, 7) is 1.55. The minimum atomic E-state index is -0.661. The van der Waals surface area contributed by atoms with Crippen molar-refractivity contribution < 1.29 is 23.5 Å². The van der Waals surface area contributed by atoms with Crippen LogP contribution in [0.4, 0.5) is 5.69 Å². The van der Waals surface area contributed by atoms with Crippen molar-refractivity contribution in [3.8, 4) is 23.0 Å². The summed E-state index contributed by atoms with van der Waals surface area (Å²) in [4.78, 5) is 30.0. The van der Waals surface area contributed by atoms with E-state index in [1.54, 1.807) is 30.3 Å². The smallest absolute Gasteiger partial charge is 0.231 e. The number of anilines is 1. The SMILES string of the molecule is CN(C)CCNc1ccc2nc(-c3ccc4c(c3)OCO4)oc2c1C(=O)C=O. The Labute approximate surface area is 161 Å². The van der Waals surface area contributed by atoms with E-state index in [0.29, 0.717) is 40.7 Å². The third-order valence-electron chi connectivity index (χ3n) is 4.41. The third-order valence-corrected chi connectivity index (χ3v) is 4.41. The van der Waals surface area contributed by atoms with E-state index in [1.807, 2.05) is 19.0 Å². The van der Waals surface area contributed by atoms with E-state index in [0.717, 1.165) is 6.54 Å². The number of hydrogen-bond donors (Lipinski definition) is 1. The molecule has 2 heterocycles. The highest BCUT2D eigenvalue weighted by atomic mass is 16.7. The number of ether oxygens (including phenoxy) is 2. The van der Waals surface area contributed by atoms with Gasteiger partial charge in [-0.1, -0.05) is 0 Å². The van der Waals surface area contributed by atoms with Gasteiger partial charge in [0.15, 0.2) is 23.4 Å². The van der Waals surface area contributed by atoms with E-state index in [9.17, 15) is 9.59 Å². The summed E-state index contributed by atoms with van der Waals surface area (Å²) in [6.07, 6.45) is 0.286. The monoisotopic (exact) mass is 381 g/mol. The molecule has 0 atom stereocenters. The van der Waals surface area contributed by atoms with Crippen molar-refractivity contribution in [2.75, 3.05) is 39.3 Å². The molecule has 0 bridgehead atoms. The number of nitrogens with zero attached hydrogens (tertiary/aromatic N) is 2. The molecule has 1 aliphatic heterocycles. The minimum Gasteiger partial charge on any atom is -0.454 e. The lowest BCUT2D eigenvalue weighted by Crippen LogP contribution is -2.21. The average molecular weight is 381 g/mol. The predicted octanol–water partition coefficient (Wildman–Crippen LogP) is 2.58. The molecule has 0 unspecified atom stereocenters. The van der Waals surface area contributed by atoms with Gasteiger partial charge in [-0.3, -0.25) is 9.59 Å². The van der Waals surface area contributed by atoms with Crippen LogP contribution in [0.3, 0.4) is 0 Å². The molecular weight excluding hydrogens is 362 g/mol. The second kappa shape index (κ2) is 7.32. The first kappa shape index (κ1) is 18.0. The molecular formula is C20H19N3O5. The van der Waals surface area contributed by atoms with Crippen LogP contribution in [0.25, 0.3) is 22.6 Å². The molecule has 1 aromatic heterocycles. The minimum absolute atomic E-state index is 0.173. The molecule has 1 N–H and O–H groups in total. The van der Waals surface area contributed by atoms with Crippen LogP contribution in [-0.2, 0) is 4.79 Å². The van der Waals surface area contributed by atoms with E-state index in [2.05, 4.69) is 10.3 Å². The number of fused-ring (bicyclic) bond motifs is 2. The van der Waals surface area contributed by atoms with Gasteiger partial charge in [0, 0.05) is 24.3 Å². The largest absolute Gasteiger partial charge is 0.454 e. The fourth-order valence-corrected chi connectivity index (χ4v) is 3.01. The number of oxazole rings is 1. The number of rotatable bonds is 7. The van der Waals surface area contributed by atoms with Crippen molar-refractivity contribution in [2.45, 2.75) is 0 Å². The number of ketones is 1. The molecule has 4 rings (SSSR count). The van der Waals surface area contributed by atoms with Gasteiger partial charge in [-0.2, -0.15) is 0 Å². The highest BCUT2D eigenvalue weighted by molar-refractivity contribution is 6.37. The highest BCUT2D eigenvalue weighted by Crippen LogP contribution is 2.37. The van der Waals surface area contributed by atoms with Crippen molar-refractivity contribution in [1.29, 1.82) is 0 Å². The summed E-state index contributed by atoms with van der Waals surface area (Å²) in [5.41, 5.74) is 2.19. The van der Waals surface area contributed by atoms with Crippen molar-refractivity contribution in [3.63, 3.8) is 0 Å². The predicted molar refractivity (Wildman–Crippen MR) is 103 cm³/mol. The van der Waals surface area contributed by atoms with E-state index < -0.39 is 5.78 Å². The Hall–Kier alpha value is -3.39. The van der Waals surface area contributed by atoms with Gasteiger partial charge < -0.3 is 24.1 Å². The van der Waals surface area contributed by atoms with Gasteiger partial charge in [0.1, 0.15) is 5.52 Å². The molecule has 0 saturated carbocycles. The maximum Gasteiger partial charge on any atom is 0.231 e. The first-order valence-corrected chi connectivity index (χ1v) is 8.78. The maximum absolute atomic E-state index is 12.3. The number of carbonyl (C=O) groups excluding carboxylic acids is 2. The van der Waals surface area contributed by atoms with Crippen molar-refractivity contribution in [1.82, 2.24) is 9.88 Å². The highest BCUT2D eigenvalue weighted by Gasteiger charge is 2.22. The van der Waals surface area contributed by atoms with Crippen LogP contribution in [0, 0.1) is 0 Å². The van der Waals surface area contributed by atoms with Crippen LogP contribution in [0.5, 0.6) is 11.5 Å². The molecule has 0 radical (unpaired) electrons. The summed E-state index contributed by atoms with van der Waals surface area (Å²) in [6, 6.07) is 8.84. The van der Waals surface area contributed by atoms with E-state index in [1.165, 1.54) is 0 Å². The third kappa shape index (κ3) is 3.29. The van der Waals surface area contributed by atoms with Crippen LogP contribution >= 0.6 is 0 Å². The zero-order valence-corrected chi connectivity index (χ0v) is 15.5. The van der Waals surface area contributed by atoms with Gasteiger partial charge in [-0.25, -0.2) is 4.98 Å². The number of benzene rings is 2. The van der Waals surface area contributed by atoms with E-state index in [-0.39, 0.29) is 24.2 Å². The maximum atomic E-state index is 12.3. The Kier molecular flexibility index (Phi) is 4.70. The molecule has 144 valence electrons. The number of hydrogen-bond acceptors (Lipinski definition) is 8. The number of nitrogens with one attached hydrogen (secondary N) is 1. The van der Waals surface area contributed by atoms with E-state index >= 15 is 0 Å². The molecule has 0 spiro atoms. The Morgan fingerprint density at radius 1 is 1.21 bits per heavy atom. The van der Waals surface area contributed by atoms with Gasteiger partial charge in [0.05, 0.1) is 5.56 Å². The van der Waals surface area contributed by atoms with Crippen molar-refractivity contribution in [2.24, 2.45) is 0 Å². The molecule has 8 nitrogen and oxygen atoms in total. The first-order chi connectivity index (χ1) is 13.6. The quantitative estimate of drug-likeness (QED) is 0.379. The normalized spacial score (nSPS) is 12.5. The lowest BCUT2D eigenvalue weighted by atomic mass is 10.1. The molecule has 0 saturated heterocycles. The second-order valence-corrected chi connectivity index (χ2v) is 6.64. The molecule has 1 aliphatic rings. The van der Waals surface area contributed by atoms with Crippen LogP contribution < -0.4 is 14.8 Å². The summed E-state index contributed by atoms with van der Waals surface area (Å²) in [5.74, 6) is 0.934. The number of Topliss-reactive ketones (excluding diaryl/α,β-unsaturated/α-hetero) is 1. The molecule has 0 aliphatic carbocycles. The fourth-order valence-electron chi connectivity index (χ4n) is 3.01. The van der Waals surface area contributed by atoms with Crippen molar-refractivity contribution >= 4 is 28.9 Å². The van der Waals surface area contributed by atoms with Crippen LogP contribution in [-0.4, -0.2) is 55.9 Å². The first-order valence-electron chi connectivity index (χ1n) is 8.78. The topological polar surface area (TPSA) is 93.9 Å². The Morgan fingerprint density at radius 3 is 2.82 bits per heavy atom. The second-order valence-electron chi connectivity index (χ2n) is 6.64. The molecule has 0 amide bonds. The van der Waals surface area contributed by atoms with Gasteiger partial charge in [0.2, 0.25) is 18.5 Å². The molecule has 8 heteroatoms. The molecule has 3 aromatic rings. The van der Waals surface area contributed by atoms with Gasteiger partial charge in [-0.05, 0) is 44.4 Å². The number of aromatic nitrogens is 1. The zero-order valence-electron chi connectivity index (χ0n) is 15.5. The van der Waals surface area contributed by atoms with Gasteiger partial charge in [0.25, 0.3) is 0 Å². The summed E-state index contributed by atoms with van der Waals surface area (Å²) >= 11 is 0. The molecule has 2 aromatic carbocycles. The number of aldehydes is 1. The fraction of sp³-hybridized carbons (Fsp3) is 0.250. The van der Waals surface area contributed by atoms with E-state index in [4.69, 9.17) is 13.9 Å². The van der Waals surface area contributed by atoms with Gasteiger partial charge in [-0.15, -0.1) is 0 Å². The lowest BCUT2D eigenvalue weighted by molar-refractivity contribution is -0.104. The standard InChI is InChI=1S/C20H19N3O5/c1-23(2)8-7-21-13-4-5-14-19(18(13)15(25)10-24)28-20(22-14)12-3-6-16-17(9-12)27-11-26-16/h3-6,9-10,21H,7-8,11H2,1-2H3. The Morgan fingerprint density at radius 2 is 2.04 bits per heavy atom. The van der Waals surface area contributed by atoms with Crippen LogP contribution in [0.1, 0.15) is 10.4 Å². The average Bonchev–Trinajstić information content (AvgIpc) is 3.32. The Balaban J connectivity index is 1.75. The number of likely N-dealkylation sites (N-methyl/N-ethyl adjacent to an activating group) is 1. The van der Waals surface area contributed by atoms with Crippen LogP contribution in [0.2, 0.25) is 0 Å². The molecule has 28 heavy (non-hydrogen) atoms. The van der Waals surface area contributed by atoms with Crippen LogP contribution in [0.15, 0.2) is 34.7 Å². The lowest BCUT2D eigenvalue weighted by Gasteiger charge is -2.13. The molecule has 0 fully saturated rings. The summed E-state index contributed by atoms with van der Waals surface area (Å²) < 4.78 is 16.6. The summed E-state index contributed by atoms with van der Waals surface area (Å²) in [5, 5.41) is 3.19. The number of carbonyl (C=O) groups is 2.